The van der Waals surface area contributed by atoms with Crippen LogP contribution in [0.15, 0.2) is 0 Å². The lowest BCUT2D eigenvalue weighted by molar-refractivity contribution is -0.137. The van der Waals surface area contributed by atoms with Crippen molar-refractivity contribution in [2.24, 2.45) is 0 Å². The Morgan fingerprint density at radius 2 is 1.12 bits per heavy atom. The molecule has 17 heavy (non-hydrogen) atoms. The summed E-state index contributed by atoms with van der Waals surface area (Å²) in [4.78, 5) is 22.0. The van der Waals surface area contributed by atoms with Crippen molar-refractivity contribution in [2.75, 3.05) is 0 Å². The zero-order chi connectivity index (χ0) is 14.0. The van der Waals surface area contributed by atoms with Crippen LogP contribution in [0.1, 0.15) is 13.8 Å². The first kappa shape index (κ1) is 16.3. The van der Waals surface area contributed by atoms with Crippen molar-refractivity contribution in [1.29, 1.82) is 0 Å². The van der Waals surface area contributed by atoms with Crippen LogP contribution in [-0.2, 0) is 13.7 Å². The van der Waals surface area contributed by atoms with Gasteiger partial charge in [0.25, 0.3) is 0 Å². The van der Waals surface area contributed by atoms with Gasteiger partial charge in [0, 0.05) is 0 Å². The predicted octanol–water partition coefficient (Wildman–Crippen LogP) is 2.36. The average molecular weight is 278 g/mol. The summed E-state index contributed by atoms with van der Waals surface area (Å²) >= 11 is 0. The third-order valence-electron chi connectivity index (χ3n) is 3.35. The fraction of sp³-hybridized carbons (Fsp3) is 0.800. The van der Waals surface area contributed by atoms with Crippen molar-refractivity contribution in [1.82, 2.24) is 0 Å². The minimum atomic E-state index is -2.41. The molecule has 0 radical (unpaired) electrons. The second-order valence-electron chi connectivity index (χ2n) is 5.43. The molecule has 0 fully saturated rings. The highest BCUT2D eigenvalue weighted by Crippen LogP contribution is 2.32. The van der Waals surface area contributed by atoms with Crippen LogP contribution in [-0.4, -0.2) is 38.8 Å². The number of hydrogen-bond donors (Lipinski definition) is 2. The van der Waals surface area contributed by atoms with E-state index in [4.69, 9.17) is 14.3 Å². The van der Waals surface area contributed by atoms with E-state index in [9.17, 15) is 9.59 Å². The van der Waals surface area contributed by atoms with E-state index < -0.39 is 39.7 Å². The highest BCUT2D eigenvalue weighted by Gasteiger charge is 2.44. The Kier molecular flexibility index (Phi) is 5.11. The predicted molar refractivity (Wildman–Crippen MR) is 70.2 cm³/mol. The molecule has 0 heterocycles. The lowest BCUT2D eigenvalue weighted by Crippen LogP contribution is -2.51. The molecule has 0 aliphatic heterocycles. The van der Waals surface area contributed by atoms with E-state index in [1.54, 1.807) is 13.8 Å². The van der Waals surface area contributed by atoms with Crippen LogP contribution in [0.2, 0.25) is 37.3 Å². The Balaban J connectivity index is 4.93. The molecule has 0 aliphatic rings. The fourth-order valence-electron chi connectivity index (χ4n) is 1.45. The van der Waals surface area contributed by atoms with Gasteiger partial charge in [0.2, 0.25) is 0 Å². The number of rotatable bonds is 6. The van der Waals surface area contributed by atoms with Crippen molar-refractivity contribution in [2.45, 2.75) is 51.1 Å². The lowest BCUT2D eigenvalue weighted by atomic mass is 10.5. The van der Waals surface area contributed by atoms with Crippen molar-refractivity contribution in [3.63, 3.8) is 0 Å². The van der Waals surface area contributed by atoms with E-state index in [0.717, 1.165) is 0 Å². The van der Waals surface area contributed by atoms with Crippen molar-refractivity contribution in [3.8, 4) is 0 Å². The van der Waals surface area contributed by atoms with Gasteiger partial charge in [-0.1, -0.05) is 13.8 Å². The van der Waals surface area contributed by atoms with E-state index in [1.165, 1.54) is 0 Å². The topological polar surface area (TPSA) is 83.8 Å². The summed E-state index contributed by atoms with van der Waals surface area (Å²) in [7, 11) is -4.83. The molecule has 5 nitrogen and oxygen atoms in total. The molecule has 0 saturated carbocycles. The van der Waals surface area contributed by atoms with Crippen LogP contribution in [0.3, 0.4) is 0 Å². The van der Waals surface area contributed by atoms with Gasteiger partial charge in [0.1, 0.15) is 0 Å². The molecule has 0 aromatic heterocycles. The van der Waals surface area contributed by atoms with Gasteiger partial charge in [-0.15, -0.1) is 0 Å². The summed E-state index contributed by atoms with van der Waals surface area (Å²) in [6.07, 6.45) is 0. The Bertz CT molecular complexity index is 284. The maximum Gasteiger partial charge on any atom is 0.305 e. The number of hydrogen-bond acceptors (Lipinski definition) is 3. The van der Waals surface area contributed by atoms with Crippen LogP contribution in [0, 0.1) is 0 Å². The summed E-state index contributed by atoms with van der Waals surface area (Å²) < 4.78 is 5.99. The van der Waals surface area contributed by atoms with Gasteiger partial charge in [0.15, 0.2) is 16.6 Å². The summed E-state index contributed by atoms with van der Waals surface area (Å²) in [5.41, 5.74) is -1.09. The fourth-order valence-corrected chi connectivity index (χ4v) is 9.48. The zero-order valence-electron chi connectivity index (χ0n) is 11.3. The van der Waals surface area contributed by atoms with Gasteiger partial charge in [-0.05, 0) is 26.2 Å². The van der Waals surface area contributed by atoms with Crippen LogP contribution < -0.4 is 0 Å². The zero-order valence-corrected chi connectivity index (χ0v) is 13.3. The maximum absolute atomic E-state index is 11.0. The van der Waals surface area contributed by atoms with E-state index in [0.29, 0.717) is 0 Å². The van der Waals surface area contributed by atoms with Gasteiger partial charge in [-0.3, -0.25) is 9.59 Å². The Morgan fingerprint density at radius 3 is 1.29 bits per heavy atom. The number of carboxylic acids is 2. The maximum atomic E-state index is 11.0. The van der Waals surface area contributed by atoms with Gasteiger partial charge in [-0.25, -0.2) is 0 Å². The van der Waals surface area contributed by atoms with Crippen molar-refractivity contribution < 1.29 is 23.9 Å². The summed E-state index contributed by atoms with van der Waals surface area (Å²) in [5.74, 6) is -1.76. The van der Waals surface area contributed by atoms with Gasteiger partial charge in [-0.2, -0.15) is 0 Å². The van der Waals surface area contributed by atoms with Gasteiger partial charge >= 0.3 is 11.9 Å². The Morgan fingerprint density at radius 1 is 0.882 bits per heavy atom. The molecule has 7 heteroatoms. The normalized spacial score (nSPS) is 16.4. The first-order valence-corrected chi connectivity index (χ1v) is 11.5. The van der Waals surface area contributed by atoms with E-state index in [2.05, 4.69) is 0 Å². The quantitative estimate of drug-likeness (QED) is 0.729. The average Bonchev–Trinajstić information content (AvgIpc) is 2.13. The first-order valence-electron chi connectivity index (χ1n) is 5.57. The van der Waals surface area contributed by atoms with E-state index in [1.807, 2.05) is 26.2 Å². The Hall–Kier alpha value is -0.666. The molecule has 0 amide bonds. The molecule has 2 N–H and O–H groups in total. The van der Waals surface area contributed by atoms with E-state index in [-0.39, 0.29) is 0 Å². The second-order valence-corrected chi connectivity index (χ2v) is 14.4. The molecule has 0 aliphatic carbocycles. The Labute approximate surface area is 104 Å². The minimum absolute atomic E-state index is 0.546. The largest absolute Gasteiger partial charge is 0.481 e. The number of carboxylic acid groups (broad SMARTS) is 2. The molecule has 0 rings (SSSR count). The van der Waals surface area contributed by atoms with Crippen LogP contribution in [0.4, 0.5) is 0 Å². The summed E-state index contributed by atoms with van der Waals surface area (Å²) in [5, 5.41) is 18.0. The second kappa shape index (κ2) is 5.32. The minimum Gasteiger partial charge on any atom is -0.481 e. The number of carbonyl (C=O) groups is 2. The third-order valence-corrected chi connectivity index (χ3v) is 12.2. The molecule has 100 valence electrons. The van der Waals surface area contributed by atoms with Crippen molar-refractivity contribution in [3.05, 3.63) is 0 Å². The molecule has 2 atom stereocenters. The van der Waals surface area contributed by atoms with Crippen LogP contribution in [0.5, 0.6) is 0 Å². The monoisotopic (exact) mass is 278 g/mol. The van der Waals surface area contributed by atoms with E-state index >= 15 is 0 Å². The highest BCUT2D eigenvalue weighted by molar-refractivity contribution is 6.88. The highest BCUT2D eigenvalue weighted by atomic mass is 28.4. The number of aliphatic carboxylic acids is 2. The van der Waals surface area contributed by atoms with Gasteiger partial charge in [0.05, 0.1) is 11.1 Å². The molecule has 0 bridgehead atoms. The molecular formula is C10H22O5Si2. The van der Waals surface area contributed by atoms with Gasteiger partial charge < -0.3 is 14.3 Å². The molecule has 0 aromatic carbocycles. The van der Waals surface area contributed by atoms with Crippen LogP contribution in [0.25, 0.3) is 0 Å². The smallest absolute Gasteiger partial charge is 0.305 e. The lowest BCUT2D eigenvalue weighted by Gasteiger charge is -2.38. The summed E-state index contributed by atoms with van der Waals surface area (Å²) in [6, 6.07) is 0. The standard InChI is InChI=1S/C10H22O5Si2/c1-7(9(11)12)16(3,4)15-17(5,6)8(2)10(13)14/h7-8H,1-6H3,(H,11,12)(H,13,14). The molecule has 2 unspecified atom stereocenters. The molecule has 0 saturated heterocycles. The van der Waals surface area contributed by atoms with Crippen LogP contribution >= 0.6 is 0 Å². The molecular weight excluding hydrogens is 256 g/mol. The van der Waals surface area contributed by atoms with Crippen molar-refractivity contribution >= 4 is 28.6 Å². The first-order chi connectivity index (χ1) is 7.42. The summed E-state index contributed by atoms with van der Waals surface area (Å²) in [6.45, 7) is 10.6. The molecule has 0 aromatic rings. The third kappa shape index (κ3) is 4.25. The molecule has 0 spiro atoms. The SMILES string of the molecule is CC(C(=O)O)[Si](C)(C)O[Si](C)(C)C(C)C(=O)O.